The minimum Gasteiger partial charge on any atom is -0.377 e. The van der Waals surface area contributed by atoms with Crippen LogP contribution in [0.3, 0.4) is 0 Å². The van der Waals surface area contributed by atoms with Gasteiger partial charge in [-0.2, -0.15) is 0 Å². The first-order chi connectivity index (χ1) is 15.5. The number of benzene rings is 1. The summed E-state index contributed by atoms with van der Waals surface area (Å²) in [6.07, 6.45) is 6.36. The number of aromatic nitrogens is 1. The lowest BCUT2D eigenvalue weighted by molar-refractivity contribution is -0.148. The molecule has 1 unspecified atom stereocenters. The summed E-state index contributed by atoms with van der Waals surface area (Å²) in [5.74, 6) is 1.69. The lowest BCUT2D eigenvalue weighted by Gasteiger charge is -2.46. The van der Waals surface area contributed by atoms with Crippen molar-refractivity contribution < 1.29 is 18.8 Å². The van der Waals surface area contributed by atoms with Crippen molar-refractivity contribution >= 4 is 5.91 Å². The molecule has 1 aromatic carbocycles. The van der Waals surface area contributed by atoms with Crippen molar-refractivity contribution in [3.63, 3.8) is 0 Å². The van der Waals surface area contributed by atoms with E-state index in [1.807, 2.05) is 24.8 Å². The van der Waals surface area contributed by atoms with Crippen LogP contribution in [0.4, 0.5) is 0 Å². The van der Waals surface area contributed by atoms with Crippen LogP contribution in [0.1, 0.15) is 61.1 Å². The second kappa shape index (κ2) is 10.6. The third-order valence-electron chi connectivity index (χ3n) is 7.17. The molecule has 1 amide bonds. The third kappa shape index (κ3) is 5.78. The highest BCUT2D eigenvalue weighted by molar-refractivity contribution is 5.76. The van der Waals surface area contributed by atoms with Gasteiger partial charge >= 0.3 is 0 Å². The summed E-state index contributed by atoms with van der Waals surface area (Å²) in [4.78, 5) is 14.8. The SMILES string of the molecule is Cc1noc(C)c1CCC(=O)N1CCC2(CC1)CC(CCOCc1ccccc1)CCO2. The highest BCUT2D eigenvalue weighted by atomic mass is 16.5. The van der Waals surface area contributed by atoms with Crippen LogP contribution in [0, 0.1) is 19.8 Å². The number of likely N-dealkylation sites (tertiary alicyclic amines) is 1. The summed E-state index contributed by atoms with van der Waals surface area (Å²) in [6.45, 7) is 7.72. The normalized spacial score (nSPS) is 20.6. The van der Waals surface area contributed by atoms with Crippen LogP contribution in [0.5, 0.6) is 0 Å². The molecule has 2 aliphatic heterocycles. The molecular weight excluding hydrogens is 404 g/mol. The zero-order chi connectivity index (χ0) is 22.4. The number of carbonyl (C=O) groups excluding carboxylic acids is 1. The van der Waals surface area contributed by atoms with E-state index in [0.29, 0.717) is 25.4 Å². The molecule has 32 heavy (non-hydrogen) atoms. The van der Waals surface area contributed by atoms with Gasteiger partial charge in [-0.3, -0.25) is 4.79 Å². The Bertz CT molecular complexity index is 852. The van der Waals surface area contributed by atoms with Crippen molar-refractivity contribution in [3.8, 4) is 0 Å². The molecule has 6 nitrogen and oxygen atoms in total. The second-order valence-corrected chi connectivity index (χ2v) is 9.40. The minimum absolute atomic E-state index is 0.0548. The van der Waals surface area contributed by atoms with E-state index in [1.165, 1.54) is 5.56 Å². The largest absolute Gasteiger partial charge is 0.377 e. The zero-order valence-electron chi connectivity index (χ0n) is 19.5. The summed E-state index contributed by atoms with van der Waals surface area (Å²) >= 11 is 0. The Morgan fingerprint density at radius 1 is 1.22 bits per heavy atom. The molecule has 1 atom stereocenters. The van der Waals surface area contributed by atoms with Gasteiger partial charge in [0.05, 0.1) is 17.9 Å². The molecule has 0 radical (unpaired) electrons. The topological polar surface area (TPSA) is 64.8 Å². The van der Waals surface area contributed by atoms with Gasteiger partial charge in [0.2, 0.25) is 5.91 Å². The molecule has 2 fully saturated rings. The second-order valence-electron chi connectivity index (χ2n) is 9.40. The fourth-order valence-corrected chi connectivity index (χ4v) is 5.15. The Hall–Kier alpha value is -2.18. The maximum absolute atomic E-state index is 12.8. The van der Waals surface area contributed by atoms with Crippen molar-refractivity contribution in [1.29, 1.82) is 0 Å². The van der Waals surface area contributed by atoms with Crippen molar-refractivity contribution in [2.45, 2.75) is 71.0 Å². The fraction of sp³-hybridized carbons (Fsp3) is 0.615. The first-order valence-corrected chi connectivity index (χ1v) is 12.0. The Balaban J connectivity index is 1.19. The van der Waals surface area contributed by atoms with Crippen LogP contribution in [0.25, 0.3) is 0 Å². The van der Waals surface area contributed by atoms with Crippen molar-refractivity contribution in [2.24, 2.45) is 5.92 Å². The first kappa shape index (κ1) is 23.0. The summed E-state index contributed by atoms with van der Waals surface area (Å²) in [5.41, 5.74) is 3.13. The molecular formula is C26H36N2O4. The van der Waals surface area contributed by atoms with Crippen LogP contribution < -0.4 is 0 Å². The third-order valence-corrected chi connectivity index (χ3v) is 7.17. The van der Waals surface area contributed by atoms with Crippen molar-refractivity contribution in [1.82, 2.24) is 10.1 Å². The number of aryl methyl sites for hydroxylation is 2. The van der Waals surface area contributed by atoms with E-state index >= 15 is 0 Å². The molecule has 174 valence electrons. The number of ether oxygens (including phenoxy) is 2. The molecule has 2 aromatic rings. The monoisotopic (exact) mass is 440 g/mol. The Kier molecular flexibility index (Phi) is 7.63. The van der Waals surface area contributed by atoms with E-state index in [9.17, 15) is 4.79 Å². The van der Waals surface area contributed by atoms with E-state index in [4.69, 9.17) is 14.0 Å². The average molecular weight is 441 g/mol. The Morgan fingerprint density at radius 3 is 2.72 bits per heavy atom. The van der Waals surface area contributed by atoms with Crippen LogP contribution in [-0.4, -0.2) is 47.9 Å². The maximum atomic E-state index is 12.8. The Labute approximate surface area is 191 Å². The summed E-state index contributed by atoms with van der Waals surface area (Å²) in [5, 5.41) is 3.99. The molecule has 6 heteroatoms. The minimum atomic E-state index is -0.0548. The maximum Gasteiger partial charge on any atom is 0.222 e. The Morgan fingerprint density at radius 2 is 2.00 bits per heavy atom. The molecule has 2 aliphatic rings. The van der Waals surface area contributed by atoms with Gasteiger partial charge in [0.15, 0.2) is 0 Å². The number of carbonyl (C=O) groups is 1. The zero-order valence-corrected chi connectivity index (χ0v) is 19.5. The smallest absolute Gasteiger partial charge is 0.222 e. The fourth-order valence-electron chi connectivity index (χ4n) is 5.15. The van der Waals surface area contributed by atoms with Crippen LogP contribution in [0.2, 0.25) is 0 Å². The van der Waals surface area contributed by atoms with Gasteiger partial charge in [-0.1, -0.05) is 35.5 Å². The molecule has 0 saturated carbocycles. The molecule has 1 spiro atoms. The van der Waals surface area contributed by atoms with E-state index in [1.54, 1.807) is 0 Å². The molecule has 0 N–H and O–H groups in total. The summed E-state index contributed by atoms with van der Waals surface area (Å²) < 4.78 is 17.4. The van der Waals surface area contributed by atoms with E-state index in [2.05, 4.69) is 29.4 Å². The molecule has 0 bridgehead atoms. The van der Waals surface area contributed by atoms with Gasteiger partial charge in [0.1, 0.15) is 5.76 Å². The number of amides is 1. The van der Waals surface area contributed by atoms with Crippen molar-refractivity contribution in [2.75, 3.05) is 26.3 Å². The number of piperidine rings is 1. The van der Waals surface area contributed by atoms with Crippen molar-refractivity contribution in [3.05, 3.63) is 52.9 Å². The molecule has 2 saturated heterocycles. The highest BCUT2D eigenvalue weighted by Crippen LogP contribution is 2.39. The summed E-state index contributed by atoms with van der Waals surface area (Å²) in [6, 6.07) is 10.3. The number of nitrogens with zero attached hydrogens (tertiary/aromatic N) is 2. The standard InChI is InChI=1S/C26H36N2O4/c1-20-24(21(2)32-27-20)8-9-25(29)28-14-12-26(13-15-28)18-22(11-17-31-26)10-16-30-19-23-6-4-3-5-7-23/h3-7,22H,8-19H2,1-2H3. The molecule has 1 aromatic heterocycles. The van der Waals surface area contributed by atoms with E-state index in [0.717, 1.165) is 75.4 Å². The predicted octanol–water partition coefficient (Wildman–Crippen LogP) is 4.62. The van der Waals surface area contributed by atoms with Crippen LogP contribution >= 0.6 is 0 Å². The summed E-state index contributed by atoms with van der Waals surface area (Å²) in [7, 11) is 0. The van der Waals surface area contributed by atoms with Gasteiger partial charge < -0.3 is 18.9 Å². The quantitative estimate of drug-likeness (QED) is 0.561. The van der Waals surface area contributed by atoms with Crippen LogP contribution in [-0.2, 0) is 27.3 Å². The number of hydrogen-bond donors (Lipinski definition) is 0. The van der Waals surface area contributed by atoms with Gasteiger partial charge in [-0.25, -0.2) is 0 Å². The van der Waals surface area contributed by atoms with E-state index < -0.39 is 0 Å². The molecule has 4 rings (SSSR count). The molecule has 3 heterocycles. The lowest BCUT2D eigenvalue weighted by atomic mass is 9.78. The van der Waals surface area contributed by atoms with Gasteiger partial charge in [0, 0.05) is 38.3 Å². The molecule has 0 aliphatic carbocycles. The number of rotatable bonds is 8. The van der Waals surface area contributed by atoms with Crippen LogP contribution in [0.15, 0.2) is 34.9 Å². The highest BCUT2D eigenvalue weighted by Gasteiger charge is 2.40. The first-order valence-electron chi connectivity index (χ1n) is 12.0. The lowest BCUT2D eigenvalue weighted by Crippen LogP contribution is -2.50. The average Bonchev–Trinajstić information content (AvgIpc) is 3.13. The van der Waals surface area contributed by atoms with Gasteiger partial charge in [-0.15, -0.1) is 0 Å². The van der Waals surface area contributed by atoms with Gasteiger partial charge in [0.25, 0.3) is 0 Å². The number of hydrogen-bond acceptors (Lipinski definition) is 5. The van der Waals surface area contributed by atoms with E-state index in [-0.39, 0.29) is 11.5 Å². The predicted molar refractivity (Wildman–Crippen MR) is 122 cm³/mol. The van der Waals surface area contributed by atoms with Gasteiger partial charge in [-0.05, 0) is 63.9 Å².